The van der Waals surface area contributed by atoms with Gasteiger partial charge in [0.15, 0.2) is 5.65 Å². The maximum Gasteiger partial charge on any atom is 0.160 e. The molecule has 2 aromatic rings. The molecule has 2 rings (SSSR count). The minimum atomic E-state index is 0.0965. The molecular weight excluding hydrogens is 295 g/mol. The zero-order valence-corrected chi connectivity index (χ0v) is 13.8. The lowest BCUT2D eigenvalue weighted by atomic mass is 9.93. The van der Waals surface area contributed by atoms with Crippen molar-refractivity contribution in [2.24, 2.45) is 5.41 Å². The molecule has 0 bridgehead atoms. The molecule has 0 saturated carbocycles. The van der Waals surface area contributed by atoms with E-state index in [-0.39, 0.29) is 5.41 Å². The van der Waals surface area contributed by atoms with Gasteiger partial charge in [0.2, 0.25) is 0 Å². The predicted molar refractivity (Wildman–Crippen MR) is 84.4 cm³/mol. The first-order chi connectivity index (χ1) is 9.32. The first-order valence-electron chi connectivity index (χ1n) is 6.54. The normalized spacial score (nSPS) is 12.6. The summed E-state index contributed by atoms with van der Waals surface area (Å²) in [6, 6.07) is 1.83. The van der Waals surface area contributed by atoms with Crippen molar-refractivity contribution < 1.29 is 0 Å². The minimum Gasteiger partial charge on any atom is -0.311 e. The van der Waals surface area contributed by atoms with E-state index in [4.69, 9.17) is 23.2 Å². The van der Waals surface area contributed by atoms with Crippen LogP contribution < -0.4 is 0 Å². The van der Waals surface area contributed by atoms with E-state index in [2.05, 4.69) is 47.4 Å². The smallest absolute Gasteiger partial charge is 0.160 e. The molecule has 0 unspecified atom stereocenters. The highest BCUT2D eigenvalue weighted by Gasteiger charge is 2.23. The largest absolute Gasteiger partial charge is 0.311 e. The van der Waals surface area contributed by atoms with Gasteiger partial charge in [0.1, 0.15) is 11.3 Å². The van der Waals surface area contributed by atoms with E-state index in [1.807, 2.05) is 6.07 Å². The molecule has 0 aromatic carbocycles. The summed E-state index contributed by atoms with van der Waals surface area (Å²) < 4.78 is 2.10. The molecule has 20 heavy (non-hydrogen) atoms. The Balaban J connectivity index is 2.42. The van der Waals surface area contributed by atoms with Crippen LogP contribution in [0, 0.1) is 5.41 Å². The molecule has 4 nitrogen and oxygen atoms in total. The number of imidazole rings is 1. The maximum atomic E-state index is 6.02. The summed E-state index contributed by atoms with van der Waals surface area (Å²) in [5.74, 6) is 1.20. The fraction of sp³-hybridized carbons (Fsp3) is 0.571. The molecule has 0 radical (unpaired) electrons. The summed E-state index contributed by atoms with van der Waals surface area (Å²) in [4.78, 5) is 11.1. The fourth-order valence-corrected chi connectivity index (χ4v) is 2.99. The number of aromatic nitrogens is 3. The molecule has 0 spiro atoms. The lowest BCUT2D eigenvalue weighted by molar-refractivity contribution is 0.211. The maximum absolute atomic E-state index is 6.02. The van der Waals surface area contributed by atoms with E-state index >= 15 is 0 Å². The predicted octanol–water partition coefficient (Wildman–Crippen LogP) is 3.41. The van der Waals surface area contributed by atoms with Gasteiger partial charge >= 0.3 is 0 Å². The zero-order chi connectivity index (χ0) is 14.9. The highest BCUT2D eigenvalue weighted by Crippen LogP contribution is 2.25. The van der Waals surface area contributed by atoms with Crippen LogP contribution in [0.25, 0.3) is 11.2 Å². The Hall–Kier alpha value is -0.840. The number of hydrogen-bond donors (Lipinski definition) is 0. The van der Waals surface area contributed by atoms with Crippen molar-refractivity contribution in [2.75, 3.05) is 20.6 Å². The molecule has 0 atom stereocenters. The number of hydrogen-bond acceptors (Lipinski definition) is 3. The molecule has 0 fully saturated rings. The van der Waals surface area contributed by atoms with Gasteiger partial charge in [0, 0.05) is 19.3 Å². The van der Waals surface area contributed by atoms with E-state index in [1.165, 1.54) is 0 Å². The van der Waals surface area contributed by atoms with Crippen LogP contribution in [0.2, 0.25) is 5.02 Å². The number of rotatable bonds is 5. The monoisotopic (exact) mass is 314 g/mol. The van der Waals surface area contributed by atoms with Crippen LogP contribution in [0.5, 0.6) is 0 Å². The number of pyridine rings is 1. The van der Waals surface area contributed by atoms with Crippen LogP contribution in [0.1, 0.15) is 19.7 Å². The topological polar surface area (TPSA) is 34.0 Å². The van der Waals surface area contributed by atoms with E-state index < -0.39 is 0 Å². The van der Waals surface area contributed by atoms with E-state index in [0.717, 1.165) is 30.1 Å². The van der Waals surface area contributed by atoms with Crippen molar-refractivity contribution in [1.29, 1.82) is 0 Å². The second kappa shape index (κ2) is 5.88. The Morgan fingerprint density at radius 3 is 2.65 bits per heavy atom. The zero-order valence-electron chi connectivity index (χ0n) is 12.3. The average molecular weight is 315 g/mol. The third kappa shape index (κ3) is 3.43. The standard InChI is InChI=1S/C14H20Cl2N4/c1-14(2,8-19(3)4)9-20-12(6-15)18-11-5-10(16)7-17-13(11)20/h5,7H,6,8-9H2,1-4H3. The molecule has 0 amide bonds. The van der Waals surface area contributed by atoms with Crippen molar-refractivity contribution >= 4 is 34.4 Å². The molecule has 0 N–H and O–H groups in total. The Labute approximate surface area is 129 Å². The summed E-state index contributed by atoms with van der Waals surface area (Å²) in [6.45, 7) is 6.25. The Kier molecular flexibility index (Phi) is 4.57. The van der Waals surface area contributed by atoms with Gasteiger partial charge in [0.25, 0.3) is 0 Å². The first-order valence-corrected chi connectivity index (χ1v) is 7.45. The van der Waals surface area contributed by atoms with Crippen LogP contribution in [0.4, 0.5) is 0 Å². The summed E-state index contributed by atoms with van der Waals surface area (Å²) >= 11 is 12.0. The van der Waals surface area contributed by atoms with Gasteiger partial charge < -0.3 is 9.47 Å². The Morgan fingerprint density at radius 2 is 2.05 bits per heavy atom. The van der Waals surface area contributed by atoms with Crippen molar-refractivity contribution in [3.63, 3.8) is 0 Å². The molecule has 0 aliphatic rings. The molecule has 0 aliphatic heterocycles. The Morgan fingerprint density at radius 1 is 1.35 bits per heavy atom. The summed E-state index contributed by atoms with van der Waals surface area (Å²) in [6.07, 6.45) is 1.65. The van der Waals surface area contributed by atoms with Crippen molar-refractivity contribution in [2.45, 2.75) is 26.3 Å². The molecular formula is C14H20Cl2N4. The van der Waals surface area contributed by atoms with Gasteiger partial charge in [-0.15, -0.1) is 11.6 Å². The molecule has 6 heteroatoms. The van der Waals surface area contributed by atoms with Gasteiger partial charge in [-0.2, -0.15) is 0 Å². The van der Waals surface area contributed by atoms with Crippen LogP contribution in [0.15, 0.2) is 12.3 Å². The van der Waals surface area contributed by atoms with Crippen LogP contribution >= 0.6 is 23.2 Å². The van der Waals surface area contributed by atoms with E-state index in [0.29, 0.717) is 10.9 Å². The molecule has 0 aliphatic carbocycles. The lowest BCUT2D eigenvalue weighted by Crippen LogP contribution is -2.32. The lowest BCUT2D eigenvalue weighted by Gasteiger charge is -2.29. The highest BCUT2D eigenvalue weighted by atomic mass is 35.5. The Bertz CT molecular complexity index is 604. The minimum absolute atomic E-state index is 0.0965. The van der Waals surface area contributed by atoms with Crippen molar-refractivity contribution in [1.82, 2.24) is 19.4 Å². The van der Waals surface area contributed by atoms with Crippen LogP contribution in [-0.2, 0) is 12.4 Å². The molecule has 2 aromatic heterocycles. The van der Waals surface area contributed by atoms with Gasteiger partial charge in [-0.1, -0.05) is 25.4 Å². The van der Waals surface area contributed by atoms with Gasteiger partial charge in [-0.05, 0) is 25.6 Å². The summed E-state index contributed by atoms with van der Waals surface area (Å²) in [5, 5.41) is 0.593. The van der Waals surface area contributed by atoms with Crippen molar-refractivity contribution in [3.8, 4) is 0 Å². The van der Waals surface area contributed by atoms with Crippen molar-refractivity contribution in [3.05, 3.63) is 23.1 Å². The number of nitrogens with zero attached hydrogens (tertiary/aromatic N) is 4. The summed E-state index contributed by atoms with van der Waals surface area (Å²) in [7, 11) is 4.16. The first kappa shape index (κ1) is 15.5. The second-order valence-corrected chi connectivity index (χ2v) is 6.85. The SMILES string of the molecule is CN(C)CC(C)(C)Cn1c(CCl)nc2cc(Cl)cnc21. The summed E-state index contributed by atoms with van der Waals surface area (Å²) in [5.41, 5.74) is 1.74. The van der Waals surface area contributed by atoms with Crippen LogP contribution in [0.3, 0.4) is 0 Å². The molecule has 0 saturated heterocycles. The average Bonchev–Trinajstić information content (AvgIpc) is 2.64. The van der Waals surface area contributed by atoms with Gasteiger partial charge in [0.05, 0.1) is 10.9 Å². The van der Waals surface area contributed by atoms with Gasteiger partial charge in [-0.3, -0.25) is 0 Å². The number of halogens is 2. The third-order valence-corrected chi connectivity index (χ3v) is 3.53. The quantitative estimate of drug-likeness (QED) is 0.793. The fourth-order valence-electron chi connectivity index (χ4n) is 2.64. The van der Waals surface area contributed by atoms with E-state index in [9.17, 15) is 0 Å². The van der Waals surface area contributed by atoms with Gasteiger partial charge in [-0.25, -0.2) is 9.97 Å². The van der Waals surface area contributed by atoms with Crippen LogP contribution in [-0.4, -0.2) is 40.1 Å². The third-order valence-electron chi connectivity index (χ3n) is 3.08. The van der Waals surface area contributed by atoms with E-state index in [1.54, 1.807) is 6.20 Å². The highest BCUT2D eigenvalue weighted by molar-refractivity contribution is 6.31. The molecule has 2 heterocycles. The second-order valence-electron chi connectivity index (χ2n) is 6.15. The number of alkyl halides is 1. The molecule has 110 valence electrons. The number of fused-ring (bicyclic) bond motifs is 1.